The van der Waals surface area contributed by atoms with Crippen molar-refractivity contribution in [2.45, 2.75) is 6.92 Å². The predicted molar refractivity (Wildman–Crippen MR) is 67.5 cm³/mol. The Morgan fingerprint density at radius 1 is 1.33 bits per heavy atom. The quantitative estimate of drug-likeness (QED) is 0.788. The van der Waals surface area contributed by atoms with Crippen LogP contribution in [-0.4, -0.2) is 15.8 Å². The normalized spacial score (nSPS) is 10.4. The van der Waals surface area contributed by atoms with Crippen LogP contribution in [0.25, 0.3) is 11.3 Å². The van der Waals surface area contributed by atoms with Gasteiger partial charge in [0.25, 0.3) is 0 Å². The molecule has 92 valence electrons. The Morgan fingerprint density at radius 3 is 2.61 bits per heavy atom. The summed E-state index contributed by atoms with van der Waals surface area (Å²) in [7, 11) is 0. The lowest BCUT2D eigenvalue weighted by Crippen LogP contribution is -2.01. The number of carbonyl (C=O) groups is 1. The number of benzene rings is 1. The molecule has 0 N–H and O–H groups in total. The first kappa shape index (κ1) is 12.9. The van der Waals surface area contributed by atoms with Gasteiger partial charge in [0.2, 0.25) is 0 Å². The van der Waals surface area contributed by atoms with Crippen LogP contribution in [0.4, 0.5) is 4.39 Å². The summed E-state index contributed by atoms with van der Waals surface area (Å²) in [4.78, 5) is 19.1. The van der Waals surface area contributed by atoms with E-state index >= 15 is 0 Å². The topological polar surface area (TPSA) is 42.9 Å². The summed E-state index contributed by atoms with van der Waals surface area (Å²) in [6.45, 7) is 1.35. The fourth-order valence-electron chi connectivity index (χ4n) is 1.43. The zero-order valence-electron chi connectivity index (χ0n) is 9.25. The lowest BCUT2D eigenvalue weighted by atomic mass is 10.1. The van der Waals surface area contributed by atoms with E-state index in [2.05, 4.69) is 9.97 Å². The summed E-state index contributed by atoms with van der Waals surface area (Å²) in [6.07, 6.45) is 1.38. The SMILES string of the molecule is CC(=O)c1ncc(-c2ccc(F)cc2Cl)nc1Cl. The van der Waals surface area contributed by atoms with Gasteiger partial charge in [0.1, 0.15) is 11.5 Å². The van der Waals surface area contributed by atoms with Crippen LogP contribution < -0.4 is 0 Å². The zero-order chi connectivity index (χ0) is 13.3. The van der Waals surface area contributed by atoms with Crippen LogP contribution in [0.5, 0.6) is 0 Å². The molecule has 0 saturated carbocycles. The van der Waals surface area contributed by atoms with Gasteiger partial charge in [-0.3, -0.25) is 4.79 Å². The highest BCUT2D eigenvalue weighted by molar-refractivity contribution is 6.34. The number of carbonyl (C=O) groups excluding carboxylic acids is 1. The molecule has 0 saturated heterocycles. The van der Waals surface area contributed by atoms with Crippen LogP contribution in [0.3, 0.4) is 0 Å². The molecule has 18 heavy (non-hydrogen) atoms. The Kier molecular flexibility index (Phi) is 3.59. The van der Waals surface area contributed by atoms with Gasteiger partial charge in [-0.15, -0.1) is 0 Å². The van der Waals surface area contributed by atoms with E-state index in [0.29, 0.717) is 11.3 Å². The van der Waals surface area contributed by atoms with Crippen molar-refractivity contribution in [3.8, 4) is 11.3 Å². The molecule has 2 rings (SSSR count). The zero-order valence-corrected chi connectivity index (χ0v) is 10.8. The second-order valence-electron chi connectivity index (χ2n) is 3.58. The third-order valence-corrected chi connectivity index (χ3v) is 2.85. The highest BCUT2D eigenvalue weighted by atomic mass is 35.5. The summed E-state index contributed by atoms with van der Waals surface area (Å²) in [6, 6.07) is 3.91. The highest BCUT2D eigenvalue weighted by Gasteiger charge is 2.12. The largest absolute Gasteiger partial charge is 0.293 e. The maximum atomic E-state index is 12.9. The number of ketones is 1. The Morgan fingerprint density at radius 2 is 2.06 bits per heavy atom. The van der Waals surface area contributed by atoms with Crippen LogP contribution in [0, 0.1) is 5.82 Å². The molecule has 0 aliphatic carbocycles. The minimum absolute atomic E-state index is 0.000363. The van der Waals surface area contributed by atoms with Crippen molar-refractivity contribution in [1.29, 1.82) is 0 Å². The Bertz CT molecular complexity index is 631. The van der Waals surface area contributed by atoms with E-state index in [1.54, 1.807) is 0 Å². The second-order valence-corrected chi connectivity index (χ2v) is 4.34. The average molecular weight is 285 g/mol. The van der Waals surface area contributed by atoms with Gasteiger partial charge in [0.15, 0.2) is 10.9 Å². The number of hydrogen-bond acceptors (Lipinski definition) is 3. The van der Waals surface area contributed by atoms with E-state index in [1.165, 1.54) is 31.3 Å². The predicted octanol–water partition coefficient (Wildman–Crippen LogP) is 3.79. The lowest BCUT2D eigenvalue weighted by molar-refractivity contribution is 0.101. The van der Waals surface area contributed by atoms with Crippen molar-refractivity contribution >= 4 is 29.0 Å². The van der Waals surface area contributed by atoms with Crippen molar-refractivity contribution in [3.05, 3.63) is 46.1 Å². The van der Waals surface area contributed by atoms with Crippen molar-refractivity contribution in [3.63, 3.8) is 0 Å². The van der Waals surface area contributed by atoms with Gasteiger partial charge in [-0.1, -0.05) is 23.2 Å². The summed E-state index contributed by atoms with van der Waals surface area (Å²) in [5, 5.41) is 0.205. The van der Waals surface area contributed by atoms with Crippen LogP contribution in [0.2, 0.25) is 10.2 Å². The average Bonchev–Trinajstić information content (AvgIpc) is 2.28. The standard InChI is InChI=1S/C12H7Cl2FN2O/c1-6(18)11-12(14)17-10(5-16-11)8-3-2-7(15)4-9(8)13/h2-5H,1H3. The molecule has 0 amide bonds. The van der Waals surface area contributed by atoms with E-state index in [1.807, 2.05) is 0 Å². The molecule has 0 spiro atoms. The Balaban J connectivity index is 2.52. The molecule has 0 aliphatic heterocycles. The number of halogens is 3. The molecule has 0 aliphatic rings. The van der Waals surface area contributed by atoms with Crippen molar-refractivity contribution in [2.24, 2.45) is 0 Å². The van der Waals surface area contributed by atoms with Crippen molar-refractivity contribution < 1.29 is 9.18 Å². The molecule has 0 atom stereocenters. The molecule has 3 nitrogen and oxygen atoms in total. The summed E-state index contributed by atoms with van der Waals surface area (Å²) < 4.78 is 12.9. The minimum Gasteiger partial charge on any atom is -0.293 e. The highest BCUT2D eigenvalue weighted by Crippen LogP contribution is 2.28. The molecule has 1 heterocycles. The fraction of sp³-hybridized carbons (Fsp3) is 0.0833. The molecule has 0 bridgehead atoms. The third kappa shape index (κ3) is 2.49. The third-order valence-electron chi connectivity index (χ3n) is 2.27. The van der Waals surface area contributed by atoms with Gasteiger partial charge < -0.3 is 0 Å². The van der Waals surface area contributed by atoms with E-state index in [9.17, 15) is 9.18 Å². The number of hydrogen-bond donors (Lipinski definition) is 0. The van der Waals surface area contributed by atoms with Crippen LogP contribution in [-0.2, 0) is 0 Å². The number of aromatic nitrogens is 2. The molecular formula is C12H7Cl2FN2O. The Hall–Kier alpha value is -1.52. The molecule has 0 unspecified atom stereocenters. The van der Waals surface area contributed by atoms with Crippen LogP contribution in [0.1, 0.15) is 17.4 Å². The molecule has 0 radical (unpaired) electrons. The maximum absolute atomic E-state index is 12.9. The molecule has 0 fully saturated rings. The van der Waals surface area contributed by atoms with E-state index in [4.69, 9.17) is 23.2 Å². The lowest BCUT2D eigenvalue weighted by Gasteiger charge is -2.05. The van der Waals surface area contributed by atoms with Crippen molar-refractivity contribution in [2.75, 3.05) is 0 Å². The smallest absolute Gasteiger partial charge is 0.181 e. The Labute approximate surface area is 113 Å². The van der Waals surface area contributed by atoms with Crippen LogP contribution in [0.15, 0.2) is 24.4 Å². The van der Waals surface area contributed by atoms with Gasteiger partial charge >= 0.3 is 0 Å². The molecule has 2 aromatic rings. The first-order valence-corrected chi connectivity index (χ1v) is 5.73. The van der Waals surface area contributed by atoms with E-state index < -0.39 is 5.82 Å². The first-order chi connectivity index (χ1) is 8.49. The summed E-state index contributed by atoms with van der Waals surface area (Å²) >= 11 is 11.7. The molecule has 1 aromatic heterocycles. The van der Waals surface area contributed by atoms with Gasteiger partial charge in [0, 0.05) is 12.5 Å². The number of rotatable bonds is 2. The second kappa shape index (κ2) is 5.00. The van der Waals surface area contributed by atoms with Crippen molar-refractivity contribution in [1.82, 2.24) is 9.97 Å². The van der Waals surface area contributed by atoms with Gasteiger partial charge in [-0.2, -0.15) is 0 Å². The fourth-order valence-corrected chi connectivity index (χ4v) is 1.97. The van der Waals surface area contributed by atoms with E-state index in [0.717, 1.165) is 0 Å². The van der Waals surface area contributed by atoms with Crippen LogP contribution >= 0.6 is 23.2 Å². The molecule has 1 aromatic carbocycles. The molecule has 6 heteroatoms. The molecular weight excluding hydrogens is 278 g/mol. The monoisotopic (exact) mass is 284 g/mol. The van der Waals surface area contributed by atoms with Gasteiger partial charge in [0.05, 0.1) is 16.9 Å². The van der Waals surface area contributed by atoms with E-state index in [-0.39, 0.29) is 21.7 Å². The summed E-state index contributed by atoms with van der Waals surface area (Å²) in [5.74, 6) is -0.715. The number of Topliss-reactive ketones (excluding diaryl/α,β-unsaturated/α-hetero) is 1. The van der Waals surface area contributed by atoms with Gasteiger partial charge in [-0.25, -0.2) is 14.4 Å². The first-order valence-electron chi connectivity index (χ1n) is 4.98. The van der Waals surface area contributed by atoms with Gasteiger partial charge in [-0.05, 0) is 18.2 Å². The number of nitrogens with zero attached hydrogens (tertiary/aromatic N) is 2. The maximum Gasteiger partial charge on any atom is 0.181 e. The summed E-state index contributed by atoms with van der Waals surface area (Å²) in [5.41, 5.74) is 0.983. The minimum atomic E-state index is -0.442.